The molecule has 0 aliphatic carbocycles. The topological polar surface area (TPSA) is 67.4 Å². The third-order valence-electron chi connectivity index (χ3n) is 3.97. The maximum atomic E-state index is 12.5. The molecule has 0 saturated carbocycles. The second kappa shape index (κ2) is 9.25. The fourth-order valence-corrected chi connectivity index (χ4v) is 2.53. The summed E-state index contributed by atoms with van der Waals surface area (Å²) >= 11 is 5.86. The highest BCUT2D eigenvalue weighted by molar-refractivity contribution is 6.30. The Hall–Kier alpha value is -2.53. The maximum absolute atomic E-state index is 12.5. The van der Waals surface area contributed by atoms with Crippen molar-refractivity contribution in [2.24, 2.45) is 5.92 Å². The number of carbonyl (C=O) groups is 2. The molecule has 0 radical (unpaired) electrons. The van der Waals surface area contributed by atoms with Gasteiger partial charge in [0.05, 0.1) is 7.11 Å². The van der Waals surface area contributed by atoms with Gasteiger partial charge in [-0.1, -0.05) is 37.6 Å². The van der Waals surface area contributed by atoms with Gasteiger partial charge in [-0.15, -0.1) is 0 Å². The summed E-state index contributed by atoms with van der Waals surface area (Å²) in [6.07, 6.45) is 0. The van der Waals surface area contributed by atoms with Gasteiger partial charge in [-0.25, -0.2) is 0 Å². The van der Waals surface area contributed by atoms with Crippen molar-refractivity contribution in [3.63, 3.8) is 0 Å². The maximum Gasteiger partial charge on any atom is 0.251 e. The number of ether oxygens (including phenoxy) is 1. The summed E-state index contributed by atoms with van der Waals surface area (Å²) in [6.45, 7) is 4.15. The average Bonchev–Trinajstić information content (AvgIpc) is 2.65. The van der Waals surface area contributed by atoms with Gasteiger partial charge < -0.3 is 15.4 Å². The molecule has 1 atom stereocenters. The van der Waals surface area contributed by atoms with E-state index >= 15 is 0 Å². The first-order valence-corrected chi connectivity index (χ1v) is 8.75. The second-order valence-corrected chi connectivity index (χ2v) is 6.70. The van der Waals surface area contributed by atoms with E-state index in [-0.39, 0.29) is 17.7 Å². The van der Waals surface area contributed by atoms with Crippen LogP contribution >= 0.6 is 11.6 Å². The molecular weight excluding hydrogens is 352 g/mol. The highest BCUT2D eigenvalue weighted by Gasteiger charge is 2.24. The molecule has 6 heteroatoms. The van der Waals surface area contributed by atoms with Gasteiger partial charge >= 0.3 is 0 Å². The standard InChI is InChI=1S/C20H23ClN2O3/c1-13(2)18(20(25)22-12-14-4-8-16(21)9-5-14)23-19(24)15-6-10-17(26-3)11-7-15/h4-11,13,18H,12H2,1-3H3,(H,22,25)(H,23,24)/t18-/m0/s1. The highest BCUT2D eigenvalue weighted by atomic mass is 35.5. The zero-order chi connectivity index (χ0) is 19.1. The molecule has 2 rings (SSSR count). The molecular formula is C20H23ClN2O3. The van der Waals surface area contributed by atoms with E-state index in [9.17, 15) is 9.59 Å². The predicted octanol–water partition coefficient (Wildman–Crippen LogP) is 3.42. The fraction of sp³-hybridized carbons (Fsp3) is 0.300. The summed E-state index contributed by atoms with van der Waals surface area (Å²) in [4.78, 5) is 24.9. The summed E-state index contributed by atoms with van der Waals surface area (Å²) < 4.78 is 5.08. The molecule has 0 bridgehead atoms. The molecule has 26 heavy (non-hydrogen) atoms. The molecule has 0 unspecified atom stereocenters. The number of nitrogens with one attached hydrogen (secondary N) is 2. The van der Waals surface area contributed by atoms with Gasteiger partial charge in [0.25, 0.3) is 5.91 Å². The highest BCUT2D eigenvalue weighted by Crippen LogP contribution is 2.13. The van der Waals surface area contributed by atoms with Crippen molar-refractivity contribution in [2.75, 3.05) is 7.11 Å². The number of rotatable bonds is 7. The van der Waals surface area contributed by atoms with E-state index in [1.54, 1.807) is 43.5 Å². The number of carbonyl (C=O) groups excluding carboxylic acids is 2. The van der Waals surface area contributed by atoms with Crippen LogP contribution in [0.25, 0.3) is 0 Å². The van der Waals surface area contributed by atoms with Gasteiger partial charge in [0.1, 0.15) is 11.8 Å². The summed E-state index contributed by atoms with van der Waals surface area (Å²) in [5.74, 6) is 0.0925. The lowest BCUT2D eigenvalue weighted by molar-refractivity contribution is -0.124. The van der Waals surface area contributed by atoms with Gasteiger partial charge in [-0.05, 0) is 47.9 Å². The van der Waals surface area contributed by atoms with Crippen molar-refractivity contribution in [2.45, 2.75) is 26.4 Å². The predicted molar refractivity (Wildman–Crippen MR) is 102 cm³/mol. The normalized spacial score (nSPS) is 11.7. The zero-order valence-corrected chi connectivity index (χ0v) is 15.8. The lowest BCUT2D eigenvalue weighted by Gasteiger charge is -2.22. The van der Waals surface area contributed by atoms with Crippen molar-refractivity contribution in [1.29, 1.82) is 0 Å². The van der Waals surface area contributed by atoms with Crippen molar-refractivity contribution in [3.8, 4) is 5.75 Å². The minimum atomic E-state index is -0.628. The van der Waals surface area contributed by atoms with Crippen LogP contribution in [0, 0.1) is 5.92 Å². The van der Waals surface area contributed by atoms with Crippen LogP contribution in [-0.4, -0.2) is 25.0 Å². The van der Waals surface area contributed by atoms with Crippen molar-refractivity contribution >= 4 is 23.4 Å². The van der Waals surface area contributed by atoms with E-state index in [0.717, 1.165) is 5.56 Å². The second-order valence-electron chi connectivity index (χ2n) is 6.27. The van der Waals surface area contributed by atoms with Gasteiger partial charge in [0.15, 0.2) is 0 Å². The molecule has 2 N–H and O–H groups in total. The Bertz CT molecular complexity index is 743. The van der Waals surface area contributed by atoms with Crippen LogP contribution < -0.4 is 15.4 Å². The first kappa shape index (κ1) is 19.8. The molecule has 0 heterocycles. The molecule has 0 saturated heterocycles. The van der Waals surface area contributed by atoms with E-state index in [0.29, 0.717) is 22.9 Å². The number of amides is 2. The summed E-state index contributed by atoms with van der Waals surface area (Å²) in [6, 6.07) is 13.4. The van der Waals surface area contributed by atoms with E-state index in [4.69, 9.17) is 16.3 Å². The molecule has 2 amide bonds. The number of hydrogen-bond acceptors (Lipinski definition) is 3. The van der Waals surface area contributed by atoms with Crippen LogP contribution in [0.15, 0.2) is 48.5 Å². The molecule has 2 aromatic carbocycles. The Morgan fingerprint density at radius 3 is 2.19 bits per heavy atom. The molecule has 0 aliphatic rings. The van der Waals surface area contributed by atoms with E-state index < -0.39 is 6.04 Å². The third-order valence-corrected chi connectivity index (χ3v) is 4.22. The van der Waals surface area contributed by atoms with Gasteiger partial charge in [0, 0.05) is 17.1 Å². The third kappa shape index (κ3) is 5.49. The van der Waals surface area contributed by atoms with E-state index in [2.05, 4.69) is 10.6 Å². The first-order valence-electron chi connectivity index (χ1n) is 8.37. The quantitative estimate of drug-likeness (QED) is 0.780. The lowest BCUT2D eigenvalue weighted by Crippen LogP contribution is -2.49. The first-order chi connectivity index (χ1) is 12.4. The smallest absolute Gasteiger partial charge is 0.251 e. The van der Waals surface area contributed by atoms with Crippen molar-refractivity contribution < 1.29 is 14.3 Å². The van der Waals surface area contributed by atoms with Crippen LogP contribution in [0.5, 0.6) is 5.75 Å². The van der Waals surface area contributed by atoms with E-state index in [1.165, 1.54) is 0 Å². The summed E-state index contributed by atoms with van der Waals surface area (Å²) in [5.41, 5.74) is 1.41. The van der Waals surface area contributed by atoms with Crippen LogP contribution in [0.2, 0.25) is 5.02 Å². The molecule has 0 fully saturated rings. The van der Waals surface area contributed by atoms with Crippen molar-refractivity contribution in [1.82, 2.24) is 10.6 Å². The van der Waals surface area contributed by atoms with Crippen LogP contribution in [-0.2, 0) is 11.3 Å². The Labute approximate surface area is 158 Å². The molecule has 0 aliphatic heterocycles. The Morgan fingerprint density at radius 1 is 1.04 bits per heavy atom. The Morgan fingerprint density at radius 2 is 1.65 bits per heavy atom. The van der Waals surface area contributed by atoms with Crippen LogP contribution in [0.3, 0.4) is 0 Å². The summed E-state index contributed by atoms with van der Waals surface area (Å²) in [7, 11) is 1.56. The molecule has 5 nitrogen and oxygen atoms in total. The minimum absolute atomic E-state index is 0.0533. The van der Waals surface area contributed by atoms with Crippen LogP contribution in [0.1, 0.15) is 29.8 Å². The van der Waals surface area contributed by atoms with E-state index in [1.807, 2.05) is 26.0 Å². The number of benzene rings is 2. The Balaban J connectivity index is 1.98. The SMILES string of the molecule is COc1ccc(C(=O)N[C@H](C(=O)NCc2ccc(Cl)cc2)C(C)C)cc1. The fourth-order valence-electron chi connectivity index (χ4n) is 2.40. The minimum Gasteiger partial charge on any atom is -0.497 e. The zero-order valence-electron chi connectivity index (χ0n) is 15.1. The number of hydrogen-bond donors (Lipinski definition) is 2. The van der Waals surface area contributed by atoms with Crippen LogP contribution in [0.4, 0.5) is 0 Å². The van der Waals surface area contributed by atoms with Gasteiger partial charge in [-0.3, -0.25) is 9.59 Å². The molecule has 0 spiro atoms. The average molecular weight is 375 g/mol. The van der Waals surface area contributed by atoms with Gasteiger partial charge in [0.2, 0.25) is 5.91 Å². The summed E-state index contributed by atoms with van der Waals surface area (Å²) in [5, 5.41) is 6.31. The molecule has 2 aromatic rings. The van der Waals surface area contributed by atoms with Gasteiger partial charge in [-0.2, -0.15) is 0 Å². The monoisotopic (exact) mass is 374 g/mol. The molecule has 0 aromatic heterocycles. The lowest BCUT2D eigenvalue weighted by atomic mass is 10.0. The number of halogens is 1. The molecule has 138 valence electrons. The number of methoxy groups -OCH3 is 1. The van der Waals surface area contributed by atoms with Crippen molar-refractivity contribution in [3.05, 3.63) is 64.7 Å². The largest absolute Gasteiger partial charge is 0.497 e. The Kier molecular flexibility index (Phi) is 7.04.